The molecule has 0 rings (SSSR count). The summed E-state index contributed by atoms with van der Waals surface area (Å²) in [4.78, 5) is 35.2. The molecule has 2 unspecified atom stereocenters. The fourth-order valence-corrected chi connectivity index (χ4v) is 8.59. The minimum atomic E-state index is -4.41. The van der Waals surface area contributed by atoms with Gasteiger partial charge < -0.3 is 20.1 Å². The summed E-state index contributed by atoms with van der Waals surface area (Å²) in [5.41, 5.74) is 5.38. The molecule has 0 bridgehead atoms. The molecule has 0 radical (unpaired) electrons. The first kappa shape index (κ1) is 69.7. The van der Waals surface area contributed by atoms with Crippen molar-refractivity contribution >= 4 is 19.8 Å². The summed E-state index contributed by atoms with van der Waals surface area (Å²) in [6.07, 6.45) is 78.6. The van der Waals surface area contributed by atoms with Gasteiger partial charge in [0, 0.05) is 19.4 Å². The van der Waals surface area contributed by atoms with E-state index in [1.54, 1.807) is 0 Å². The number of nitrogens with two attached hydrogens (primary N) is 1. The molecule has 0 aliphatic rings. The summed E-state index contributed by atoms with van der Waals surface area (Å²) >= 11 is 0. The minimum absolute atomic E-state index is 0.0423. The third-order valence-corrected chi connectivity index (χ3v) is 13.1. The van der Waals surface area contributed by atoms with Gasteiger partial charge in [-0.3, -0.25) is 18.6 Å². The lowest BCUT2D eigenvalue weighted by Gasteiger charge is -2.19. The van der Waals surface area contributed by atoms with E-state index in [4.69, 9.17) is 24.3 Å². The highest BCUT2D eigenvalue weighted by atomic mass is 31.2. The number of phosphoric ester groups is 1. The van der Waals surface area contributed by atoms with Crippen LogP contribution in [0.15, 0.2) is 109 Å². The zero-order valence-electron chi connectivity index (χ0n) is 46.6. The summed E-state index contributed by atoms with van der Waals surface area (Å²) < 4.78 is 33.0. The molecule has 0 saturated carbocycles. The van der Waals surface area contributed by atoms with Crippen LogP contribution >= 0.6 is 7.82 Å². The van der Waals surface area contributed by atoms with E-state index in [2.05, 4.69) is 123 Å². The normalized spacial score (nSPS) is 13.9. The molecule has 0 heterocycles. The fraction of sp³-hybridized carbons (Fsp3) is 0.683. The summed E-state index contributed by atoms with van der Waals surface area (Å²) in [7, 11) is -4.41. The Morgan fingerprint density at radius 2 is 0.753 bits per heavy atom. The fourth-order valence-electron chi connectivity index (χ4n) is 7.82. The van der Waals surface area contributed by atoms with E-state index in [9.17, 15) is 19.0 Å². The van der Waals surface area contributed by atoms with Gasteiger partial charge in [-0.25, -0.2) is 4.57 Å². The van der Waals surface area contributed by atoms with E-state index >= 15 is 0 Å². The van der Waals surface area contributed by atoms with Gasteiger partial charge in [0.2, 0.25) is 0 Å². The Labute approximate surface area is 448 Å². The van der Waals surface area contributed by atoms with Gasteiger partial charge in [-0.2, -0.15) is 0 Å². The van der Waals surface area contributed by atoms with Gasteiger partial charge in [-0.15, -0.1) is 0 Å². The van der Waals surface area contributed by atoms with Crippen molar-refractivity contribution in [3.8, 4) is 0 Å². The highest BCUT2D eigenvalue weighted by molar-refractivity contribution is 7.47. The molecule has 0 fully saturated rings. The molecule has 2 atom stereocenters. The molecule has 0 saturated heterocycles. The van der Waals surface area contributed by atoms with Crippen molar-refractivity contribution in [2.45, 2.75) is 251 Å². The van der Waals surface area contributed by atoms with Gasteiger partial charge in [-0.1, -0.05) is 239 Å². The number of carbonyl (C=O) groups excluding carboxylic acids is 2. The van der Waals surface area contributed by atoms with Crippen molar-refractivity contribution < 1.29 is 37.6 Å². The summed E-state index contributed by atoms with van der Waals surface area (Å²) in [6, 6.07) is 0. The lowest BCUT2D eigenvalue weighted by Crippen LogP contribution is -2.29. The second kappa shape index (κ2) is 57.9. The Kier molecular flexibility index (Phi) is 55.3. The predicted octanol–water partition coefficient (Wildman–Crippen LogP) is 18.6. The monoisotopic (exact) mass is 1040 g/mol. The van der Waals surface area contributed by atoms with Gasteiger partial charge in [-0.05, 0) is 103 Å². The molecule has 418 valence electrons. The number of esters is 2. The molecular weight excluding hydrogens is 930 g/mol. The molecule has 0 aromatic rings. The molecule has 0 aliphatic heterocycles. The highest BCUT2D eigenvalue weighted by Gasteiger charge is 2.26. The van der Waals surface area contributed by atoms with Crippen LogP contribution in [0.1, 0.15) is 245 Å². The van der Waals surface area contributed by atoms with E-state index in [1.165, 1.54) is 122 Å². The number of phosphoric acid groups is 1. The highest BCUT2D eigenvalue weighted by Crippen LogP contribution is 2.43. The Balaban J connectivity index is 4.05. The first-order valence-corrected chi connectivity index (χ1v) is 30.9. The van der Waals surface area contributed by atoms with E-state index in [0.29, 0.717) is 6.42 Å². The Bertz CT molecular complexity index is 1560. The molecule has 0 aromatic carbocycles. The van der Waals surface area contributed by atoms with Crippen LogP contribution in [0.4, 0.5) is 0 Å². The number of hydrogen-bond acceptors (Lipinski definition) is 8. The lowest BCUT2D eigenvalue weighted by molar-refractivity contribution is -0.161. The summed E-state index contributed by atoms with van der Waals surface area (Å²) in [5, 5.41) is 0. The van der Waals surface area contributed by atoms with Crippen LogP contribution in [0.5, 0.6) is 0 Å². The van der Waals surface area contributed by atoms with Crippen molar-refractivity contribution in [2.24, 2.45) is 5.73 Å². The molecule has 0 aliphatic carbocycles. The smallest absolute Gasteiger partial charge is 0.462 e. The van der Waals surface area contributed by atoms with Gasteiger partial charge in [0.1, 0.15) is 6.61 Å². The number of allylic oxidation sites excluding steroid dienone is 18. The van der Waals surface area contributed by atoms with Crippen LogP contribution in [0.3, 0.4) is 0 Å². The van der Waals surface area contributed by atoms with E-state index in [0.717, 1.165) is 89.9 Å². The van der Waals surface area contributed by atoms with Crippen LogP contribution in [0.2, 0.25) is 0 Å². The van der Waals surface area contributed by atoms with E-state index in [1.807, 2.05) is 0 Å². The predicted molar refractivity (Wildman–Crippen MR) is 311 cm³/mol. The maximum Gasteiger partial charge on any atom is 0.472 e. The molecule has 0 amide bonds. The number of carbonyl (C=O) groups is 2. The molecule has 9 nitrogen and oxygen atoms in total. The average Bonchev–Trinajstić information content (AvgIpc) is 3.38. The molecule has 0 aromatic heterocycles. The third-order valence-electron chi connectivity index (χ3n) is 12.1. The first-order chi connectivity index (χ1) is 35.8. The molecule has 3 N–H and O–H groups in total. The third kappa shape index (κ3) is 57.8. The lowest BCUT2D eigenvalue weighted by atomic mass is 10.0. The second-order valence-corrected chi connectivity index (χ2v) is 20.6. The Morgan fingerprint density at radius 1 is 0.425 bits per heavy atom. The average molecular weight is 1040 g/mol. The standard InChI is InChI=1S/C63H108NO8P/c1-3-5-7-9-11-13-15-17-19-21-23-25-27-29-30-32-33-35-37-39-41-43-45-47-49-51-53-55-62(65)69-59-61(60-71-73(67,68)70-58-57-64)72-63(66)56-54-52-50-48-46-44-42-40-38-36-34-31-28-26-24-22-20-18-16-14-12-10-8-6-4-2/h6,8,12,14-15,17-18,20-21,23-24,26,31,34,38,40,44,46,61H,3-5,7,9-11,13,16,19,22,25,27-30,32-33,35-37,39,41-43,45,47-60,64H2,1-2H3,(H,67,68)/b8-6-,14-12-,17-15-,20-18-,23-21-,26-24-,34-31-,40-38-,46-44-. The molecule has 73 heavy (non-hydrogen) atoms. The Hall–Kier alpha value is -3.33. The van der Waals surface area contributed by atoms with Crippen molar-refractivity contribution in [1.82, 2.24) is 0 Å². The topological polar surface area (TPSA) is 134 Å². The summed E-state index contributed by atoms with van der Waals surface area (Å²) in [6.45, 7) is 3.58. The van der Waals surface area contributed by atoms with Crippen LogP contribution in [-0.2, 0) is 32.7 Å². The quantitative estimate of drug-likeness (QED) is 0.0264. The van der Waals surface area contributed by atoms with Crippen LogP contribution in [0.25, 0.3) is 0 Å². The van der Waals surface area contributed by atoms with Gasteiger partial charge in [0.15, 0.2) is 6.10 Å². The van der Waals surface area contributed by atoms with Crippen molar-refractivity contribution in [3.05, 3.63) is 109 Å². The first-order valence-electron chi connectivity index (χ1n) is 29.4. The van der Waals surface area contributed by atoms with Crippen LogP contribution < -0.4 is 5.73 Å². The van der Waals surface area contributed by atoms with E-state index < -0.39 is 32.5 Å². The number of unbranched alkanes of at least 4 members (excludes halogenated alkanes) is 23. The van der Waals surface area contributed by atoms with Gasteiger partial charge in [0.05, 0.1) is 13.2 Å². The molecule has 10 heteroatoms. The zero-order chi connectivity index (χ0) is 53.1. The Morgan fingerprint density at radius 3 is 1.14 bits per heavy atom. The van der Waals surface area contributed by atoms with Crippen LogP contribution in [-0.4, -0.2) is 49.3 Å². The SMILES string of the molecule is CC/C=C\C/C=C\C/C=C\C/C=C\C/C=C\C/C=C\C/C=C\CCCCCC(=O)OC(COC(=O)CCCCCCCCCCCCCCCCC/C=C\C/C=C\CCCCCCC)COP(=O)(O)OCCN. The molecular formula is C63H108NO8P. The minimum Gasteiger partial charge on any atom is -0.462 e. The van der Waals surface area contributed by atoms with E-state index in [-0.39, 0.29) is 32.6 Å². The largest absolute Gasteiger partial charge is 0.472 e. The second-order valence-electron chi connectivity index (χ2n) is 19.1. The maximum atomic E-state index is 12.7. The van der Waals surface area contributed by atoms with Gasteiger partial charge >= 0.3 is 19.8 Å². The number of rotatable bonds is 54. The van der Waals surface area contributed by atoms with Crippen molar-refractivity contribution in [3.63, 3.8) is 0 Å². The number of hydrogen-bond donors (Lipinski definition) is 2. The van der Waals surface area contributed by atoms with Crippen LogP contribution in [0, 0.1) is 0 Å². The van der Waals surface area contributed by atoms with Gasteiger partial charge in [0.25, 0.3) is 0 Å². The van der Waals surface area contributed by atoms with Crippen molar-refractivity contribution in [1.29, 1.82) is 0 Å². The summed E-state index contributed by atoms with van der Waals surface area (Å²) in [5.74, 6) is -0.869. The molecule has 0 spiro atoms. The number of ether oxygens (including phenoxy) is 2. The maximum absolute atomic E-state index is 12.7. The zero-order valence-corrected chi connectivity index (χ0v) is 47.5. The van der Waals surface area contributed by atoms with Crippen molar-refractivity contribution in [2.75, 3.05) is 26.4 Å².